The molecule has 0 aromatic heterocycles. The van der Waals surface area contributed by atoms with Crippen molar-refractivity contribution < 1.29 is 24.3 Å². The Labute approximate surface area is 292 Å². The van der Waals surface area contributed by atoms with Crippen LogP contribution in [0.15, 0.2) is 78.4 Å². The Kier molecular flexibility index (Phi) is 26.3. The Hall–Kier alpha value is -3.78. The van der Waals surface area contributed by atoms with Crippen LogP contribution in [0.4, 0.5) is 0 Å². The van der Waals surface area contributed by atoms with Crippen LogP contribution < -0.4 is 5.32 Å². The van der Waals surface area contributed by atoms with Gasteiger partial charge in [-0.05, 0) is 52.5 Å². The quantitative estimate of drug-likeness (QED) is 0.125. The summed E-state index contributed by atoms with van der Waals surface area (Å²) in [4.78, 5) is 52.1. The number of nitrogens with zero attached hydrogens (tertiary/aromatic N) is 2. The van der Waals surface area contributed by atoms with E-state index >= 15 is 0 Å². The van der Waals surface area contributed by atoms with E-state index < -0.39 is 12.0 Å². The lowest BCUT2D eigenvalue weighted by Crippen LogP contribution is -2.57. The summed E-state index contributed by atoms with van der Waals surface area (Å²) in [6.45, 7) is 24.8. The number of likely N-dealkylation sites (N-methyl/N-ethyl adjacent to an activating group) is 1. The van der Waals surface area contributed by atoms with E-state index in [2.05, 4.69) is 51.4 Å². The van der Waals surface area contributed by atoms with E-state index in [1.165, 1.54) is 24.3 Å². The summed E-state index contributed by atoms with van der Waals surface area (Å²) in [5.41, 5.74) is 1.36. The number of carboxylic acid groups (broad SMARTS) is 1. The van der Waals surface area contributed by atoms with E-state index in [1.54, 1.807) is 25.3 Å². The van der Waals surface area contributed by atoms with Crippen LogP contribution in [-0.4, -0.2) is 76.7 Å². The number of carbonyl (C=O) groups excluding carboxylic acids is 3. The molecule has 1 aliphatic heterocycles. The average Bonchev–Trinajstić information content (AvgIpc) is 3.10. The lowest BCUT2D eigenvalue weighted by Gasteiger charge is -2.41. The number of hydrogen-bond donors (Lipinski definition) is 2. The fraction of sp³-hybridized carbons (Fsp3) is 0.550. The van der Waals surface area contributed by atoms with Crippen molar-refractivity contribution >= 4 is 23.6 Å². The highest BCUT2D eigenvalue weighted by atomic mass is 16.4. The molecule has 1 heterocycles. The second-order valence-electron chi connectivity index (χ2n) is 11.9. The molecule has 0 bridgehead atoms. The maximum atomic E-state index is 13.0. The number of allylic oxidation sites excluding steroid dienone is 5. The molecule has 0 radical (unpaired) electrons. The molecule has 8 nitrogen and oxygen atoms in total. The number of Topliss-reactive ketones (excluding diaryl/α,β-unsaturated/α-hetero) is 1. The van der Waals surface area contributed by atoms with E-state index in [1.807, 2.05) is 64.1 Å². The Bertz CT molecular complexity index is 1190. The molecule has 0 aliphatic carbocycles. The number of carboxylic acids is 1. The number of benzene rings is 1. The van der Waals surface area contributed by atoms with Crippen molar-refractivity contribution in [3.63, 3.8) is 0 Å². The minimum Gasteiger partial charge on any atom is -0.478 e. The zero-order valence-corrected chi connectivity index (χ0v) is 31.7. The van der Waals surface area contributed by atoms with Crippen molar-refractivity contribution in [3.05, 3.63) is 84.0 Å². The van der Waals surface area contributed by atoms with Gasteiger partial charge in [-0.3, -0.25) is 19.3 Å². The third-order valence-electron chi connectivity index (χ3n) is 7.67. The Morgan fingerprint density at radius 3 is 2.12 bits per heavy atom. The number of amides is 2. The molecule has 2 N–H and O–H groups in total. The normalized spacial score (nSPS) is 15.9. The summed E-state index contributed by atoms with van der Waals surface area (Å²) >= 11 is 0. The number of carbonyl (C=O) groups is 4. The summed E-state index contributed by atoms with van der Waals surface area (Å²) in [5.74, 6) is -0.871. The van der Waals surface area contributed by atoms with Gasteiger partial charge >= 0.3 is 5.97 Å². The largest absolute Gasteiger partial charge is 0.478 e. The summed E-state index contributed by atoms with van der Waals surface area (Å²) in [6, 6.07) is 8.65. The Morgan fingerprint density at radius 1 is 1.04 bits per heavy atom. The van der Waals surface area contributed by atoms with Gasteiger partial charge in [-0.25, -0.2) is 4.79 Å². The molecule has 0 saturated carbocycles. The molecule has 1 aromatic carbocycles. The molecule has 1 saturated heterocycles. The molecule has 2 amide bonds. The lowest BCUT2D eigenvalue weighted by molar-refractivity contribution is -0.137. The van der Waals surface area contributed by atoms with Crippen molar-refractivity contribution in [2.45, 2.75) is 119 Å². The van der Waals surface area contributed by atoms with E-state index in [0.717, 1.165) is 25.8 Å². The smallest absolute Gasteiger partial charge is 0.331 e. The van der Waals surface area contributed by atoms with Crippen LogP contribution in [0.5, 0.6) is 0 Å². The van der Waals surface area contributed by atoms with Gasteiger partial charge in [-0.1, -0.05) is 129 Å². The second-order valence-corrected chi connectivity index (χ2v) is 11.9. The molecule has 1 aliphatic rings. The van der Waals surface area contributed by atoms with Gasteiger partial charge in [0.1, 0.15) is 6.04 Å². The number of likely N-dealkylation sites (tertiary alicyclic amines) is 1. The van der Waals surface area contributed by atoms with E-state index in [4.69, 9.17) is 5.11 Å². The average molecular weight is 668 g/mol. The van der Waals surface area contributed by atoms with Crippen molar-refractivity contribution in [1.82, 2.24) is 15.1 Å². The standard InChI is InChI=1S/C21H37N3O4.C14H14O.C3H8.C2H6/c1-7-17(20(26)23(6)13-11-15(4)21(27)28)22-19(25)18-10-8-9-12-24(18)16(5)14(2)3;1-3-4-6-9-12(2)14(15)13-10-7-5-8-11-13;1-3-2;1-2/h11,14,16-18H,7-10,12-13H2,1-6H3,(H,22,25)(H,27,28);3-11H,2H2,1H3;3H2,1-2H3;1-2H3/b15-11+;4-3-,9-6-;;. The molecule has 8 heteroatoms. The van der Waals surface area contributed by atoms with Gasteiger partial charge in [0.05, 0.1) is 6.04 Å². The fourth-order valence-electron chi connectivity index (χ4n) is 4.56. The second kappa shape index (κ2) is 27.2. The lowest BCUT2D eigenvalue weighted by atomic mass is 9.95. The zero-order valence-electron chi connectivity index (χ0n) is 31.7. The first-order chi connectivity index (χ1) is 22.8. The summed E-state index contributed by atoms with van der Waals surface area (Å²) < 4.78 is 0. The van der Waals surface area contributed by atoms with Gasteiger partial charge in [0, 0.05) is 36.3 Å². The molecular formula is C40H65N3O5. The highest BCUT2D eigenvalue weighted by Crippen LogP contribution is 2.23. The van der Waals surface area contributed by atoms with Crippen LogP contribution in [0.3, 0.4) is 0 Å². The van der Waals surface area contributed by atoms with Crippen molar-refractivity contribution in [2.24, 2.45) is 5.92 Å². The topological polar surface area (TPSA) is 107 Å². The number of aliphatic carboxylic acids is 1. The number of ketones is 1. The highest BCUT2D eigenvalue weighted by molar-refractivity contribution is 6.10. The number of nitrogens with one attached hydrogen (secondary N) is 1. The molecule has 3 atom stereocenters. The highest BCUT2D eigenvalue weighted by Gasteiger charge is 2.34. The molecule has 1 aromatic rings. The first-order valence-corrected chi connectivity index (χ1v) is 17.6. The summed E-state index contributed by atoms with van der Waals surface area (Å²) in [6.07, 6.45) is 13.5. The van der Waals surface area contributed by atoms with Gasteiger partial charge in [0.25, 0.3) is 0 Å². The molecule has 270 valence electrons. The molecule has 48 heavy (non-hydrogen) atoms. The van der Waals surface area contributed by atoms with E-state index in [0.29, 0.717) is 29.5 Å². The molecule has 3 unspecified atom stereocenters. The number of piperidine rings is 1. The Balaban J connectivity index is 0. The molecular weight excluding hydrogens is 602 g/mol. The van der Waals surface area contributed by atoms with Gasteiger partial charge < -0.3 is 15.3 Å². The van der Waals surface area contributed by atoms with Gasteiger partial charge in [0.2, 0.25) is 11.8 Å². The van der Waals surface area contributed by atoms with Crippen molar-refractivity contribution in [2.75, 3.05) is 20.1 Å². The van der Waals surface area contributed by atoms with Crippen LogP contribution in [0, 0.1) is 5.92 Å². The Morgan fingerprint density at radius 2 is 1.62 bits per heavy atom. The third-order valence-corrected chi connectivity index (χ3v) is 7.67. The predicted octanol–water partition coefficient (Wildman–Crippen LogP) is 8.27. The summed E-state index contributed by atoms with van der Waals surface area (Å²) in [5, 5.41) is 11.9. The van der Waals surface area contributed by atoms with Crippen LogP contribution in [0.1, 0.15) is 112 Å². The van der Waals surface area contributed by atoms with E-state index in [-0.39, 0.29) is 35.8 Å². The first kappa shape index (κ1) is 46.3. The maximum absolute atomic E-state index is 13.0. The molecule has 2 rings (SSSR count). The minimum atomic E-state index is -1.00. The van der Waals surface area contributed by atoms with E-state index in [9.17, 15) is 19.2 Å². The SMILES string of the molecule is C=C(/C=C\C=C/C)C(=O)c1ccccc1.CC.CCC.CCC(NC(=O)C1CCCCN1C(C)C(C)C)C(=O)N(C)C/C=C(\C)C(=O)O. The first-order valence-electron chi connectivity index (χ1n) is 17.6. The van der Waals surface area contributed by atoms with Crippen LogP contribution >= 0.6 is 0 Å². The molecule has 0 spiro atoms. The van der Waals surface area contributed by atoms with Crippen LogP contribution in [0.2, 0.25) is 0 Å². The maximum Gasteiger partial charge on any atom is 0.331 e. The zero-order chi connectivity index (χ0) is 37.2. The van der Waals surface area contributed by atoms with Gasteiger partial charge in [0.15, 0.2) is 5.78 Å². The predicted molar refractivity (Wildman–Crippen MR) is 201 cm³/mol. The monoisotopic (exact) mass is 667 g/mol. The fourth-order valence-corrected chi connectivity index (χ4v) is 4.56. The van der Waals surface area contributed by atoms with Crippen molar-refractivity contribution in [3.8, 4) is 0 Å². The number of rotatable bonds is 13. The van der Waals surface area contributed by atoms with Gasteiger partial charge in [-0.2, -0.15) is 0 Å². The summed E-state index contributed by atoms with van der Waals surface area (Å²) in [7, 11) is 1.62. The minimum absolute atomic E-state index is 0.0312. The van der Waals surface area contributed by atoms with Crippen LogP contribution in [0.25, 0.3) is 0 Å². The number of hydrogen-bond acceptors (Lipinski definition) is 5. The van der Waals surface area contributed by atoms with Gasteiger partial charge in [-0.15, -0.1) is 0 Å². The molecule has 1 fully saturated rings. The van der Waals surface area contributed by atoms with Crippen molar-refractivity contribution in [1.29, 1.82) is 0 Å². The third kappa shape index (κ3) is 17.9. The van der Waals surface area contributed by atoms with Crippen LogP contribution in [-0.2, 0) is 14.4 Å².